The number of hydrogen-bond acceptors (Lipinski definition) is 6. The number of nitrogens with one attached hydrogen (secondary N) is 1. The Morgan fingerprint density at radius 1 is 1.25 bits per heavy atom. The number of benzene rings is 1. The highest BCUT2D eigenvalue weighted by atomic mass is 32.2. The maximum Gasteiger partial charge on any atom is 0.371 e. The van der Waals surface area contributed by atoms with E-state index in [0.29, 0.717) is 5.56 Å². The fraction of sp³-hybridized carbons (Fsp3) is 0.0667. The van der Waals surface area contributed by atoms with Crippen LogP contribution in [0.3, 0.4) is 0 Å². The fourth-order valence-electron chi connectivity index (χ4n) is 2.15. The Balaban J connectivity index is 1.97. The Labute approximate surface area is 136 Å². The minimum atomic E-state index is -4.06. The topological polar surface area (TPSA) is 123 Å². The average molecular weight is 348 g/mol. The molecule has 8 nitrogen and oxygen atoms in total. The first-order valence-electron chi connectivity index (χ1n) is 6.75. The number of aromatic nitrogens is 1. The molecule has 2 N–H and O–H groups in total. The largest absolute Gasteiger partial charge is 0.475 e. The number of aryl methyl sites for hydroxylation is 1. The summed E-state index contributed by atoms with van der Waals surface area (Å²) in [5.41, 5.74) is 0.779. The number of carboxylic acids is 1. The highest BCUT2D eigenvalue weighted by Crippen LogP contribution is 2.30. The van der Waals surface area contributed by atoms with Crippen LogP contribution in [0.5, 0.6) is 0 Å². The molecular formula is C15H12N2O6S. The molecule has 0 bridgehead atoms. The Morgan fingerprint density at radius 2 is 1.96 bits per heavy atom. The van der Waals surface area contributed by atoms with Gasteiger partial charge in [-0.2, -0.15) is 0 Å². The van der Waals surface area contributed by atoms with Crippen LogP contribution in [0.15, 0.2) is 56.4 Å². The molecule has 0 saturated heterocycles. The predicted octanol–water partition coefficient (Wildman–Crippen LogP) is 2.74. The van der Waals surface area contributed by atoms with Crippen LogP contribution in [0.25, 0.3) is 11.3 Å². The third kappa shape index (κ3) is 2.88. The summed E-state index contributed by atoms with van der Waals surface area (Å²) in [5, 5.41) is 12.5. The van der Waals surface area contributed by atoms with E-state index in [2.05, 4.69) is 9.88 Å². The summed E-state index contributed by atoms with van der Waals surface area (Å²) < 4.78 is 37.4. The van der Waals surface area contributed by atoms with Crippen LogP contribution in [0.1, 0.15) is 16.3 Å². The summed E-state index contributed by atoms with van der Waals surface area (Å²) in [6, 6.07) is 9.79. The second kappa shape index (κ2) is 5.85. The van der Waals surface area contributed by atoms with Gasteiger partial charge in [-0.15, -0.1) is 0 Å². The quantitative estimate of drug-likeness (QED) is 0.726. The molecular weight excluding hydrogens is 336 g/mol. The summed E-state index contributed by atoms with van der Waals surface area (Å²) >= 11 is 0. The lowest BCUT2D eigenvalue weighted by atomic mass is 10.1. The van der Waals surface area contributed by atoms with Gasteiger partial charge in [-0.05, 0) is 6.92 Å². The Hall–Kier alpha value is -3.07. The minimum absolute atomic E-state index is 0.0300. The number of furan rings is 1. The van der Waals surface area contributed by atoms with Crippen LogP contribution in [-0.4, -0.2) is 24.7 Å². The van der Waals surface area contributed by atoms with Crippen molar-refractivity contribution in [2.45, 2.75) is 11.8 Å². The lowest BCUT2D eigenvalue weighted by Crippen LogP contribution is -2.13. The summed E-state index contributed by atoms with van der Waals surface area (Å²) in [6.07, 6.45) is 1.23. The molecule has 0 spiro atoms. The van der Waals surface area contributed by atoms with E-state index in [1.54, 1.807) is 24.3 Å². The molecule has 0 amide bonds. The zero-order valence-corrected chi connectivity index (χ0v) is 13.2. The molecule has 0 radical (unpaired) electrons. The van der Waals surface area contributed by atoms with Crippen LogP contribution in [0.2, 0.25) is 0 Å². The van der Waals surface area contributed by atoms with E-state index in [0.717, 1.165) is 6.07 Å². The van der Waals surface area contributed by atoms with E-state index in [-0.39, 0.29) is 22.1 Å². The van der Waals surface area contributed by atoms with Crippen molar-refractivity contribution in [2.24, 2.45) is 0 Å². The van der Waals surface area contributed by atoms with Gasteiger partial charge in [0.2, 0.25) is 5.76 Å². The minimum Gasteiger partial charge on any atom is -0.475 e. The van der Waals surface area contributed by atoms with E-state index in [9.17, 15) is 13.2 Å². The molecule has 9 heteroatoms. The van der Waals surface area contributed by atoms with Gasteiger partial charge in [0.05, 0.1) is 6.20 Å². The van der Waals surface area contributed by atoms with Crippen molar-refractivity contribution in [1.82, 2.24) is 5.16 Å². The van der Waals surface area contributed by atoms with Gasteiger partial charge in [-0.3, -0.25) is 4.72 Å². The highest BCUT2D eigenvalue weighted by Gasteiger charge is 2.26. The second-order valence-corrected chi connectivity index (χ2v) is 6.53. The summed E-state index contributed by atoms with van der Waals surface area (Å²) in [4.78, 5) is 10.7. The van der Waals surface area contributed by atoms with Crippen LogP contribution in [-0.2, 0) is 10.0 Å². The lowest BCUT2D eigenvalue weighted by Gasteiger charge is -2.06. The lowest BCUT2D eigenvalue weighted by molar-refractivity contribution is 0.0661. The Kier molecular flexibility index (Phi) is 3.86. The van der Waals surface area contributed by atoms with Gasteiger partial charge < -0.3 is 14.0 Å². The van der Waals surface area contributed by atoms with Crippen LogP contribution in [0, 0.1) is 6.92 Å². The summed E-state index contributed by atoms with van der Waals surface area (Å²) in [6.45, 7) is 1.37. The Morgan fingerprint density at radius 3 is 2.58 bits per heavy atom. The molecule has 3 rings (SSSR count). The van der Waals surface area contributed by atoms with Crippen molar-refractivity contribution < 1.29 is 27.3 Å². The van der Waals surface area contributed by atoms with Gasteiger partial charge in [0.25, 0.3) is 10.0 Å². The zero-order chi connectivity index (χ0) is 17.3. The van der Waals surface area contributed by atoms with Crippen molar-refractivity contribution in [2.75, 3.05) is 4.72 Å². The van der Waals surface area contributed by atoms with Crippen molar-refractivity contribution in [3.05, 3.63) is 54.1 Å². The molecule has 124 valence electrons. The number of carbonyl (C=O) groups is 1. The average Bonchev–Trinajstić information content (AvgIpc) is 3.14. The molecule has 0 aliphatic rings. The summed E-state index contributed by atoms with van der Waals surface area (Å²) in [7, 11) is -4.06. The molecule has 3 aromatic rings. The third-order valence-corrected chi connectivity index (χ3v) is 4.70. The molecule has 0 saturated carbocycles. The molecule has 0 aliphatic heterocycles. The van der Waals surface area contributed by atoms with E-state index in [1.807, 2.05) is 6.07 Å². The maximum absolute atomic E-state index is 12.5. The monoisotopic (exact) mass is 348 g/mol. The summed E-state index contributed by atoms with van der Waals surface area (Å²) in [5.74, 6) is -1.59. The number of carboxylic acid groups (broad SMARTS) is 1. The molecule has 2 heterocycles. The van der Waals surface area contributed by atoms with E-state index < -0.39 is 21.8 Å². The molecule has 0 fully saturated rings. The van der Waals surface area contributed by atoms with E-state index in [1.165, 1.54) is 13.1 Å². The molecule has 2 aromatic heterocycles. The van der Waals surface area contributed by atoms with Gasteiger partial charge in [0.1, 0.15) is 16.3 Å². The number of anilines is 1. The van der Waals surface area contributed by atoms with E-state index in [4.69, 9.17) is 14.0 Å². The van der Waals surface area contributed by atoms with E-state index >= 15 is 0 Å². The SMILES string of the molecule is Cc1oc(C(=O)O)cc1S(=O)(=O)Nc1cnoc1-c1ccccc1. The number of hydrogen-bond donors (Lipinski definition) is 2. The van der Waals surface area contributed by atoms with Gasteiger partial charge in [0.15, 0.2) is 5.76 Å². The maximum atomic E-state index is 12.5. The number of nitrogens with zero attached hydrogens (tertiary/aromatic N) is 1. The first kappa shape index (κ1) is 15.8. The van der Waals surface area contributed by atoms with Gasteiger partial charge in [0, 0.05) is 11.6 Å². The molecule has 0 atom stereocenters. The van der Waals surface area contributed by atoms with Crippen molar-refractivity contribution >= 4 is 21.7 Å². The van der Waals surface area contributed by atoms with Crippen LogP contribution in [0.4, 0.5) is 5.69 Å². The molecule has 0 unspecified atom stereocenters. The predicted molar refractivity (Wildman–Crippen MR) is 83.2 cm³/mol. The normalized spacial score (nSPS) is 11.4. The van der Waals surface area contributed by atoms with Crippen molar-refractivity contribution in [3.8, 4) is 11.3 Å². The van der Waals surface area contributed by atoms with Crippen molar-refractivity contribution in [1.29, 1.82) is 0 Å². The standard InChI is InChI=1S/C15H12N2O6S/c1-9-13(7-12(22-9)15(18)19)24(20,21)17-11-8-16-23-14(11)10-5-3-2-4-6-10/h2-8,17H,1H3,(H,18,19). The number of rotatable bonds is 5. The van der Waals surface area contributed by atoms with Gasteiger partial charge in [-0.1, -0.05) is 35.5 Å². The first-order chi connectivity index (χ1) is 11.4. The van der Waals surface area contributed by atoms with Crippen LogP contribution < -0.4 is 4.72 Å². The smallest absolute Gasteiger partial charge is 0.371 e. The first-order valence-corrected chi connectivity index (χ1v) is 8.23. The Bertz CT molecular complexity index is 988. The molecule has 1 aromatic carbocycles. The molecule has 24 heavy (non-hydrogen) atoms. The highest BCUT2D eigenvalue weighted by molar-refractivity contribution is 7.92. The number of sulfonamides is 1. The van der Waals surface area contributed by atoms with Gasteiger partial charge in [-0.25, -0.2) is 13.2 Å². The third-order valence-electron chi connectivity index (χ3n) is 3.22. The zero-order valence-electron chi connectivity index (χ0n) is 12.4. The van der Waals surface area contributed by atoms with Gasteiger partial charge >= 0.3 is 5.97 Å². The molecule has 0 aliphatic carbocycles. The fourth-order valence-corrected chi connectivity index (χ4v) is 3.37. The second-order valence-electron chi connectivity index (χ2n) is 4.88. The number of aromatic carboxylic acids is 1. The van der Waals surface area contributed by atoms with Crippen molar-refractivity contribution in [3.63, 3.8) is 0 Å². The van der Waals surface area contributed by atoms with Crippen LogP contribution >= 0.6 is 0 Å².